The fourth-order valence-corrected chi connectivity index (χ4v) is 4.11. The number of morpholine rings is 1. The van der Waals surface area contributed by atoms with Gasteiger partial charge in [0.15, 0.2) is 5.17 Å². The number of aliphatic imine (C=N–C) groups is 1. The first-order chi connectivity index (χ1) is 14.1. The van der Waals surface area contributed by atoms with Crippen molar-refractivity contribution in [3.05, 3.63) is 64.6 Å². The monoisotopic (exact) mass is 404 g/mol. The van der Waals surface area contributed by atoms with Crippen molar-refractivity contribution in [2.45, 2.75) is 0 Å². The second-order valence-corrected chi connectivity index (χ2v) is 7.73. The number of carbonyl (C=O) groups excluding carboxylic acids is 1. The molecule has 6 nitrogen and oxygen atoms in total. The van der Waals surface area contributed by atoms with Crippen molar-refractivity contribution in [2.75, 3.05) is 38.3 Å². The minimum absolute atomic E-state index is 0.0805. The summed E-state index contributed by atoms with van der Waals surface area (Å²) in [6, 6.07) is 17.3. The maximum Gasteiger partial charge on any atom is 0.266 e. The van der Waals surface area contributed by atoms with Gasteiger partial charge in [0.1, 0.15) is 0 Å². The van der Waals surface area contributed by atoms with Crippen LogP contribution >= 0.6 is 11.8 Å². The smallest absolute Gasteiger partial charge is 0.266 e. The van der Waals surface area contributed by atoms with Gasteiger partial charge in [-0.3, -0.25) is 9.69 Å². The molecular weight excluding hydrogens is 384 g/mol. The summed E-state index contributed by atoms with van der Waals surface area (Å²) < 4.78 is 5.40. The van der Waals surface area contributed by atoms with Crippen molar-refractivity contribution in [3.8, 4) is 6.07 Å². The molecule has 0 spiro atoms. The van der Waals surface area contributed by atoms with Crippen LogP contribution < -0.4 is 4.90 Å². The maximum atomic E-state index is 12.6. The summed E-state index contributed by atoms with van der Waals surface area (Å²) in [5, 5.41) is 9.55. The lowest BCUT2D eigenvalue weighted by atomic mass is 10.1. The number of hydrogen-bond donors (Lipinski definition) is 0. The van der Waals surface area contributed by atoms with Gasteiger partial charge in [-0.2, -0.15) is 5.26 Å². The van der Waals surface area contributed by atoms with Crippen LogP contribution in [0.4, 0.5) is 11.4 Å². The number of thioether (sulfide) groups is 1. The molecule has 0 aliphatic carbocycles. The van der Waals surface area contributed by atoms with E-state index in [0.717, 1.165) is 43.2 Å². The highest BCUT2D eigenvalue weighted by Crippen LogP contribution is 2.33. The third-order valence-corrected chi connectivity index (χ3v) is 5.85. The van der Waals surface area contributed by atoms with Crippen molar-refractivity contribution in [1.82, 2.24) is 4.90 Å². The zero-order valence-corrected chi connectivity index (χ0v) is 16.9. The first-order valence-corrected chi connectivity index (χ1v) is 10.1. The van der Waals surface area contributed by atoms with Crippen LogP contribution in [-0.4, -0.2) is 49.3 Å². The number of nitriles is 1. The zero-order valence-electron chi connectivity index (χ0n) is 16.0. The molecule has 4 rings (SSSR count). The molecule has 29 heavy (non-hydrogen) atoms. The minimum atomic E-state index is -0.0805. The van der Waals surface area contributed by atoms with Crippen LogP contribution in [0.5, 0.6) is 0 Å². The molecule has 0 radical (unpaired) electrons. The van der Waals surface area contributed by atoms with E-state index < -0.39 is 0 Å². The van der Waals surface area contributed by atoms with Crippen LogP contribution in [0.3, 0.4) is 0 Å². The lowest BCUT2D eigenvalue weighted by Crippen LogP contribution is -2.36. The van der Waals surface area contributed by atoms with Crippen LogP contribution in [-0.2, 0) is 9.53 Å². The summed E-state index contributed by atoms with van der Waals surface area (Å²) in [7, 11) is 1.73. The van der Waals surface area contributed by atoms with E-state index >= 15 is 0 Å². The first-order valence-electron chi connectivity index (χ1n) is 9.33. The molecule has 0 bridgehead atoms. The number of ether oxygens (including phenoxy) is 1. The van der Waals surface area contributed by atoms with Gasteiger partial charge in [0.2, 0.25) is 0 Å². The van der Waals surface area contributed by atoms with Crippen LogP contribution in [0.2, 0.25) is 0 Å². The highest BCUT2D eigenvalue weighted by atomic mass is 32.2. The Balaban J connectivity index is 1.51. The molecule has 2 aliphatic heterocycles. The quantitative estimate of drug-likeness (QED) is 0.731. The van der Waals surface area contributed by atoms with Crippen molar-refractivity contribution in [3.63, 3.8) is 0 Å². The number of carbonyl (C=O) groups is 1. The maximum absolute atomic E-state index is 12.6. The molecule has 2 aromatic rings. The minimum Gasteiger partial charge on any atom is -0.378 e. The van der Waals surface area contributed by atoms with E-state index in [1.807, 2.05) is 30.3 Å². The molecule has 2 fully saturated rings. The Labute approximate surface area is 174 Å². The largest absolute Gasteiger partial charge is 0.378 e. The first kappa shape index (κ1) is 19.2. The van der Waals surface area contributed by atoms with Crippen molar-refractivity contribution < 1.29 is 9.53 Å². The van der Waals surface area contributed by atoms with E-state index in [-0.39, 0.29) is 5.91 Å². The number of benzene rings is 2. The summed E-state index contributed by atoms with van der Waals surface area (Å²) in [4.78, 5) is 21.7. The molecule has 7 heteroatoms. The predicted molar refractivity (Wildman–Crippen MR) is 116 cm³/mol. The molecule has 0 saturated carbocycles. The van der Waals surface area contributed by atoms with E-state index in [4.69, 9.17) is 10.00 Å². The van der Waals surface area contributed by atoms with E-state index in [1.165, 1.54) is 11.8 Å². The summed E-state index contributed by atoms with van der Waals surface area (Å²) in [5.74, 6) is -0.0805. The molecule has 1 amide bonds. The molecule has 0 unspecified atom stereocenters. The number of anilines is 1. The fraction of sp³-hybridized carbons (Fsp3) is 0.227. The van der Waals surface area contributed by atoms with Crippen molar-refractivity contribution in [2.24, 2.45) is 4.99 Å². The Morgan fingerprint density at radius 3 is 2.45 bits per heavy atom. The highest BCUT2D eigenvalue weighted by Gasteiger charge is 2.30. The van der Waals surface area contributed by atoms with E-state index in [1.54, 1.807) is 24.1 Å². The molecule has 146 valence electrons. The van der Waals surface area contributed by atoms with Gasteiger partial charge in [0.05, 0.1) is 35.4 Å². The van der Waals surface area contributed by atoms with E-state index in [9.17, 15) is 4.79 Å². The average molecular weight is 404 g/mol. The summed E-state index contributed by atoms with van der Waals surface area (Å²) in [6.07, 6.45) is 1.83. The topological polar surface area (TPSA) is 68.9 Å². The van der Waals surface area contributed by atoms with Crippen molar-refractivity contribution in [1.29, 1.82) is 5.26 Å². The second kappa shape index (κ2) is 8.52. The Morgan fingerprint density at radius 2 is 1.79 bits per heavy atom. The fourth-order valence-electron chi connectivity index (χ4n) is 3.13. The summed E-state index contributed by atoms with van der Waals surface area (Å²) >= 11 is 1.35. The van der Waals surface area contributed by atoms with Gasteiger partial charge in [-0.25, -0.2) is 4.99 Å². The molecular formula is C22H20N4O2S. The van der Waals surface area contributed by atoms with Gasteiger partial charge in [-0.1, -0.05) is 12.1 Å². The predicted octanol–water partition coefficient (Wildman–Crippen LogP) is 3.63. The lowest BCUT2D eigenvalue weighted by molar-refractivity contribution is -0.121. The number of amidine groups is 1. The number of likely N-dealkylation sites (N-methyl/N-ethyl adjacent to an activating group) is 1. The highest BCUT2D eigenvalue weighted by molar-refractivity contribution is 8.18. The van der Waals surface area contributed by atoms with Gasteiger partial charge in [-0.05, 0) is 59.8 Å². The summed E-state index contributed by atoms with van der Waals surface area (Å²) in [6.45, 7) is 3.29. The van der Waals surface area contributed by atoms with Gasteiger partial charge >= 0.3 is 0 Å². The Kier molecular flexibility index (Phi) is 5.65. The standard InChI is InChI=1S/C22H20N4O2S/c1-25-21(27)20(14-16-2-4-17(15-23)5-3-16)29-22(25)24-18-6-8-19(9-7-18)26-10-12-28-13-11-26/h2-9,14H,10-13H2,1H3/b20-14+,24-22?. The van der Waals surface area contributed by atoms with Gasteiger partial charge in [0.25, 0.3) is 5.91 Å². The molecule has 2 saturated heterocycles. The zero-order chi connectivity index (χ0) is 20.2. The van der Waals surface area contributed by atoms with Crippen LogP contribution in [0, 0.1) is 11.3 Å². The average Bonchev–Trinajstić information content (AvgIpc) is 3.03. The van der Waals surface area contributed by atoms with Crippen molar-refractivity contribution >= 4 is 40.3 Å². The molecule has 2 heterocycles. The second-order valence-electron chi connectivity index (χ2n) is 6.72. The Bertz CT molecular complexity index is 1000. The molecule has 0 aromatic heterocycles. The van der Waals surface area contributed by atoms with Crippen LogP contribution in [0.1, 0.15) is 11.1 Å². The number of nitrogens with zero attached hydrogens (tertiary/aromatic N) is 4. The van der Waals surface area contributed by atoms with Crippen LogP contribution in [0.15, 0.2) is 58.4 Å². The SMILES string of the molecule is CN1C(=O)/C(=C\c2ccc(C#N)cc2)SC1=Nc1ccc(N2CCOCC2)cc1. The third kappa shape index (κ3) is 4.34. The summed E-state index contributed by atoms with van der Waals surface area (Å²) in [5.41, 5.74) is 3.44. The van der Waals surface area contributed by atoms with Crippen LogP contribution in [0.25, 0.3) is 6.08 Å². The number of amides is 1. The third-order valence-electron chi connectivity index (χ3n) is 4.79. The van der Waals surface area contributed by atoms with Gasteiger partial charge < -0.3 is 9.64 Å². The Hall–Kier alpha value is -3.08. The normalized spacial score (nSPS) is 19.8. The van der Waals surface area contributed by atoms with Gasteiger partial charge in [0, 0.05) is 25.8 Å². The van der Waals surface area contributed by atoms with E-state index in [2.05, 4.69) is 28.1 Å². The number of hydrogen-bond acceptors (Lipinski definition) is 6. The van der Waals surface area contributed by atoms with E-state index in [0.29, 0.717) is 15.6 Å². The molecule has 2 aromatic carbocycles. The molecule has 0 N–H and O–H groups in total. The Morgan fingerprint density at radius 1 is 1.10 bits per heavy atom. The number of rotatable bonds is 3. The lowest BCUT2D eigenvalue weighted by Gasteiger charge is -2.28. The van der Waals surface area contributed by atoms with Gasteiger partial charge in [-0.15, -0.1) is 0 Å². The molecule has 0 atom stereocenters. The molecule has 2 aliphatic rings.